The maximum atomic E-state index is 10.7. The SMILES string of the molecule is CN(Cl)C[C@@H](c1ccccc1)[C@@H](O)c1ccc(Br)cc1. The van der Waals surface area contributed by atoms with E-state index in [4.69, 9.17) is 11.8 Å². The molecule has 2 aromatic carbocycles. The molecule has 4 heteroatoms. The zero-order valence-electron chi connectivity index (χ0n) is 11.2. The van der Waals surface area contributed by atoms with Crippen LogP contribution >= 0.6 is 27.7 Å². The lowest BCUT2D eigenvalue weighted by Crippen LogP contribution is -2.22. The normalized spacial score (nSPS) is 14.2. The van der Waals surface area contributed by atoms with Crippen LogP contribution in [0.3, 0.4) is 0 Å². The highest BCUT2D eigenvalue weighted by molar-refractivity contribution is 9.10. The maximum absolute atomic E-state index is 10.7. The van der Waals surface area contributed by atoms with Gasteiger partial charge in [-0.2, -0.15) is 0 Å². The molecule has 0 aliphatic heterocycles. The number of aliphatic hydroxyl groups excluding tert-OH is 1. The molecule has 0 bridgehead atoms. The summed E-state index contributed by atoms with van der Waals surface area (Å²) in [7, 11) is 1.80. The number of hydrogen-bond acceptors (Lipinski definition) is 2. The third-order valence-electron chi connectivity index (χ3n) is 3.27. The molecule has 1 N–H and O–H groups in total. The standard InChI is InChI=1S/C16H17BrClNO/c1-19(18)11-15(12-5-3-2-4-6-12)16(20)13-7-9-14(17)10-8-13/h2-10,15-16,20H,11H2,1H3/t15-,16-/m0/s1. The van der Waals surface area contributed by atoms with Crippen LogP contribution < -0.4 is 0 Å². The summed E-state index contributed by atoms with van der Waals surface area (Å²) in [6.45, 7) is 0.572. The predicted octanol–water partition coefficient (Wildman–Crippen LogP) is 4.35. The van der Waals surface area contributed by atoms with Gasteiger partial charge in [0, 0.05) is 24.0 Å². The minimum atomic E-state index is -0.591. The molecule has 0 heterocycles. The van der Waals surface area contributed by atoms with Gasteiger partial charge in [0.2, 0.25) is 0 Å². The number of rotatable bonds is 5. The molecular weight excluding hydrogens is 338 g/mol. The van der Waals surface area contributed by atoms with Gasteiger partial charge in [-0.15, -0.1) is 0 Å². The summed E-state index contributed by atoms with van der Waals surface area (Å²) >= 11 is 9.40. The summed E-state index contributed by atoms with van der Waals surface area (Å²) in [5, 5.41) is 10.7. The number of hydrogen-bond donors (Lipinski definition) is 1. The largest absolute Gasteiger partial charge is 0.388 e. The molecule has 0 aliphatic carbocycles. The molecule has 0 radical (unpaired) electrons. The van der Waals surface area contributed by atoms with Crippen LogP contribution in [0.5, 0.6) is 0 Å². The minimum absolute atomic E-state index is 0.0696. The summed E-state index contributed by atoms with van der Waals surface area (Å²) in [4.78, 5) is 0. The van der Waals surface area contributed by atoms with E-state index in [0.29, 0.717) is 6.54 Å². The maximum Gasteiger partial charge on any atom is 0.0871 e. The summed E-state index contributed by atoms with van der Waals surface area (Å²) in [6, 6.07) is 17.7. The van der Waals surface area contributed by atoms with Crippen molar-refractivity contribution in [3.63, 3.8) is 0 Å². The van der Waals surface area contributed by atoms with E-state index in [1.165, 1.54) is 0 Å². The second-order valence-electron chi connectivity index (χ2n) is 4.80. The third kappa shape index (κ3) is 4.06. The summed E-state index contributed by atoms with van der Waals surface area (Å²) in [5.74, 6) is -0.0696. The van der Waals surface area contributed by atoms with E-state index in [9.17, 15) is 5.11 Å². The van der Waals surface area contributed by atoms with E-state index < -0.39 is 6.10 Å². The fraction of sp³-hybridized carbons (Fsp3) is 0.250. The first-order chi connectivity index (χ1) is 9.58. The first-order valence-corrected chi connectivity index (χ1v) is 7.56. The van der Waals surface area contributed by atoms with Crippen LogP contribution in [-0.2, 0) is 0 Å². The van der Waals surface area contributed by atoms with E-state index in [-0.39, 0.29) is 5.92 Å². The van der Waals surface area contributed by atoms with Crippen molar-refractivity contribution in [3.05, 3.63) is 70.2 Å². The molecule has 0 fully saturated rings. The summed E-state index contributed by atoms with van der Waals surface area (Å²) in [6.07, 6.45) is -0.591. The van der Waals surface area contributed by atoms with Crippen LogP contribution in [0.1, 0.15) is 23.1 Å². The highest BCUT2D eigenvalue weighted by Crippen LogP contribution is 2.32. The molecule has 2 atom stereocenters. The van der Waals surface area contributed by atoms with Crippen LogP contribution in [-0.4, -0.2) is 23.1 Å². The highest BCUT2D eigenvalue weighted by Gasteiger charge is 2.23. The van der Waals surface area contributed by atoms with Crippen LogP contribution in [0.4, 0.5) is 0 Å². The Labute approximate surface area is 133 Å². The van der Waals surface area contributed by atoms with Crippen molar-refractivity contribution in [2.45, 2.75) is 12.0 Å². The number of halogens is 2. The zero-order chi connectivity index (χ0) is 14.5. The van der Waals surface area contributed by atoms with Gasteiger partial charge in [0.15, 0.2) is 0 Å². The van der Waals surface area contributed by atoms with Gasteiger partial charge in [0.25, 0.3) is 0 Å². The highest BCUT2D eigenvalue weighted by atomic mass is 79.9. The van der Waals surface area contributed by atoms with Crippen molar-refractivity contribution in [2.24, 2.45) is 0 Å². The van der Waals surface area contributed by atoms with Crippen molar-refractivity contribution in [3.8, 4) is 0 Å². The van der Waals surface area contributed by atoms with Crippen molar-refractivity contribution >= 4 is 27.7 Å². The van der Waals surface area contributed by atoms with Crippen molar-refractivity contribution < 1.29 is 5.11 Å². The molecule has 0 aliphatic rings. The molecule has 2 aromatic rings. The molecular formula is C16H17BrClNO. The Morgan fingerprint density at radius 2 is 1.65 bits per heavy atom. The lowest BCUT2D eigenvalue weighted by Gasteiger charge is -2.25. The fourth-order valence-corrected chi connectivity index (χ4v) is 2.66. The summed E-state index contributed by atoms with van der Waals surface area (Å²) in [5.41, 5.74) is 1.97. The number of benzene rings is 2. The molecule has 0 aromatic heterocycles. The van der Waals surface area contributed by atoms with Gasteiger partial charge in [-0.25, -0.2) is 4.42 Å². The monoisotopic (exact) mass is 353 g/mol. The average Bonchev–Trinajstić information content (AvgIpc) is 2.45. The minimum Gasteiger partial charge on any atom is -0.388 e. The Bertz CT molecular complexity index is 530. The Hall–Kier alpha value is -0.870. The zero-order valence-corrected chi connectivity index (χ0v) is 13.6. The Morgan fingerprint density at radius 3 is 2.20 bits per heavy atom. The van der Waals surface area contributed by atoms with Crippen molar-refractivity contribution in [1.29, 1.82) is 0 Å². The molecule has 0 saturated heterocycles. The van der Waals surface area contributed by atoms with E-state index >= 15 is 0 Å². The van der Waals surface area contributed by atoms with E-state index in [1.807, 2.05) is 54.6 Å². The molecule has 0 saturated carbocycles. The first kappa shape index (κ1) is 15.5. The molecule has 106 valence electrons. The fourth-order valence-electron chi connectivity index (χ4n) is 2.25. The quantitative estimate of drug-likeness (QED) is 0.807. The van der Waals surface area contributed by atoms with Crippen LogP contribution in [0.2, 0.25) is 0 Å². The van der Waals surface area contributed by atoms with Crippen LogP contribution in [0, 0.1) is 0 Å². The lowest BCUT2D eigenvalue weighted by atomic mass is 9.89. The van der Waals surface area contributed by atoms with Gasteiger partial charge in [-0.1, -0.05) is 58.4 Å². The van der Waals surface area contributed by atoms with E-state index in [2.05, 4.69) is 15.9 Å². The first-order valence-electron chi connectivity index (χ1n) is 6.43. The molecule has 2 nitrogen and oxygen atoms in total. The lowest BCUT2D eigenvalue weighted by molar-refractivity contribution is 0.136. The van der Waals surface area contributed by atoms with Crippen molar-refractivity contribution in [2.75, 3.05) is 13.6 Å². The second kappa shape index (κ2) is 7.23. The molecule has 0 unspecified atom stereocenters. The molecule has 2 rings (SSSR count). The van der Waals surface area contributed by atoms with Gasteiger partial charge in [-0.05, 0) is 35.0 Å². The third-order valence-corrected chi connectivity index (χ3v) is 3.94. The molecule has 20 heavy (non-hydrogen) atoms. The van der Waals surface area contributed by atoms with E-state index in [0.717, 1.165) is 15.6 Å². The Balaban J connectivity index is 2.28. The Morgan fingerprint density at radius 1 is 1.05 bits per heavy atom. The molecule has 0 amide bonds. The number of aliphatic hydroxyl groups is 1. The topological polar surface area (TPSA) is 23.5 Å². The van der Waals surface area contributed by atoms with Gasteiger partial charge >= 0.3 is 0 Å². The number of nitrogens with zero attached hydrogens (tertiary/aromatic N) is 1. The smallest absolute Gasteiger partial charge is 0.0871 e. The van der Waals surface area contributed by atoms with Gasteiger partial charge in [-0.3, -0.25) is 0 Å². The predicted molar refractivity (Wildman–Crippen MR) is 86.8 cm³/mol. The van der Waals surface area contributed by atoms with Gasteiger partial charge in [0.1, 0.15) is 0 Å². The Kier molecular flexibility index (Phi) is 5.61. The van der Waals surface area contributed by atoms with Crippen LogP contribution in [0.15, 0.2) is 59.1 Å². The van der Waals surface area contributed by atoms with Gasteiger partial charge < -0.3 is 5.11 Å². The summed E-state index contributed by atoms with van der Waals surface area (Å²) < 4.78 is 2.58. The second-order valence-corrected chi connectivity index (χ2v) is 6.29. The molecule has 0 spiro atoms. The van der Waals surface area contributed by atoms with Crippen molar-refractivity contribution in [1.82, 2.24) is 4.42 Å². The van der Waals surface area contributed by atoms with Gasteiger partial charge in [0.05, 0.1) is 6.10 Å². The average molecular weight is 355 g/mol. The van der Waals surface area contributed by atoms with E-state index in [1.54, 1.807) is 11.5 Å². The van der Waals surface area contributed by atoms with Crippen LogP contribution in [0.25, 0.3) is 0 Å². The number of likely N-dealkylation sites (N-methyl/N-ethyl adjacent to an activating group) is 1.